The van der Waals surface area contributed by atoms with Gasteiger partial charge in [-0.3, -0.25) is 4.98 Å². The highest BCUT2D eigenvalue weighted by Gasteiger charge is 2.30. The van der Waals surface area contributed by atoms with Crippen LogP contribution in [0, 0.1) is 11.2 Å². The minimum Gasteiger partial charge on any atom is -0.252 e. The lowest BCUT2D eigenvalue weighted by Crippen LogP contribution is -2.21. The van der Waals surface area contributed by atoms with E-state index in [4.69, 9.17) is 4.98 Å². The van der Waals surface area contributed by atoms with Crippen molar-refractivity contribution < 1.29 is 4.39 Å². The Balaban J connectivity index is 2.38. The average Bonchev–Trinajstić information content (AvgIpc) is 2.53. The average molecular weight is 337 g/mol. The molecule has 1 aromatic heterocycles. The minimum atomic E-state index is -0.190. The van der Waals surface area contributed by atoms with E-state index in [-0.39, 0.29) is 11.2 Å². The SMILES string of the molecule is CCc1c(C(C)C)nc2c(c1-c1ccc(F)cc1)CC(C)(C)C=C2C. The van der Waals surface area contributed by atoms with Crippen molar-refractivity contribution in [1.29, 1.82) is 0 Å². The van der Waals surface area contributed by atoms with Crippen LogP contribution in [0.1, 0.15) is 70.0 Å². The van der Waals surface area contributed by atoms with E-state index in [2.05, 4.69) is 47.6 Å². The normalized spacial score (nSPS) is 15.9. The second kappa shape index (κ2) is 6.40. The second-order valence-corrected chi connectivity index (χ2v) is 8.19. The number of halogens is 1. The number of rotatable bonds is 3. The van der Waals surface area contributed by atoms with E-state index in [0.29, 0.717) is 5.92 Å². The molecule has 0 aliphatic heterocycles. The molecule has 1 heterocycles. The smallest absolute Gasteiger partial charge is 0.123 e. The Bertz CT molecular complexity index is 826. The van der Waals surface area contributed by atoms with Crippen LogP contribution in [0.25, 0.3) is 16.7 Å². The third-order valence-electron chi connectivity index (χ3n) is 5.08. The van der Waals surface area contributed by atoms with E-state index in [1.165, 1.54) is 28.0 Å². The van der Waals surface area contributed by atoms with Gasteiger partial charge in [-0.1, -0.05) is 52.8 Å². The lowest BCUT2D eigenvalue weighted by atomic mass is 9.74. The van der Waals surface area contributed by atoms with Gasteiger partial charge in [0.1, 0.15) is 5.82 Å². The van der Waals surface area contributed by atoms with Crippen LogP contribution in [0.3, 0.4) is 0 Å². The molecule has 1 aromatic carbocycles. The van der Waals surface area contributed by atoms with Crippen LogP contribution >= 0.6 is 0 Å². The molecule has 0 fully saturated rings. The maximum Gasteiger partial charge on any atom is 0.123 e. The van der Waals surface area contributed by atoms with Crippen LogP contribution in [0.2, 0.25) is 0 Å². The predicted molar refractivity (Wildman–Crippen MR) is 104 cm³/mol. The van der Waals surface area contributed by atoms with Crippen LogP contribution in [0.15, 0.2) is 30.3 Å². The number of allylic oxidation sites excluding steroid dienone is 2. The largest absolute Gasteiger partial charge is 0.252 e. The lowest BCUT2D eigenvalue weighted by molar-refractivity contribution is 0.471. The Morgan fingerprint density at radius 2 is 1.80 bits per heavy atom. The minimum absolute atomic E-state index is 0.109. The topological polar surface area (TPSA) is 12.9 Å². The molecule has 0 spiro atoms. The number of hydrogen-bond acceptors (Lipinski definition) is 1. The Morgan fingerprint density at radius 1 is 1.16 bits per heavy atom. The van der Waals surface area contributed by atoms with E-state index in [1.54, 1.807) is 12.1 Å². The van der Waals surface area contributed by atoms with Crippen molar-refractivity contribution in [1.82, 2.24) is 4.98 Å². The summed E-state index contributed by atoms with van der Waals surface area (Å²) in [6, 6.07) is 6.95. The first-order chi connectivity index (χ1) is 11.7. The first-order valence-corrected chi connectivity index (χ1v) is 9.25. The molecule has 0 radical (unpaired) electrons. The molecule has 3 rings (SSSR count). The van der Waals surface area contributed by atoms with Crippen LogP contribution in [-0.4, -0.2) is 4.98 Å². The van der Waals surface area contributed by atoms with Crippen molar-refractivity contribution >= 4 is 5.57 Å². The summed E-state index contributed by atoms with van der Waals surface area (Å²) in [4.78, 5) is 5.09. The molecule has 0 unspecified atom stereocenters. The summed E-state index contributed by atoms with van der Waals surface area (Å²) < 4.78 is 13.5. The van der Waals surface area contributed by atoms with E-state index in [9.17, 15) is 4.39 Å². The fraction of sp³-hybridized carbons (Fsp3) is 0.435. The van der Waals surface area contributed by atoms with Crippen molar-refractivity contribution in [3.05, 3.63) is 58.7 Å². The van der Waals surface area contributed by atoms with E-state index in [1.807, 2.05) is 12.1 Å². The van der Waals surface area contributed by atoms with Crippen molar-refractivity contribution in [3.63, 3.8) is 0 Å². The van der Waals surface area contributed by atoms with Gasteiger partial charge in [0.05, 0.1) is 5.69 Å². The molecular formula is C23H28FN. The maximum absolute atomic E-state index is 13.5. The first-order valence-electron chi connectivity index (χ1n) is 9.25. The van der Waals surface area contributed by atoms with Gasteiger partial charge in [0.15, 0.2) is 0 Å². The van der Waals surface area contributed by atoms with Gasteiger partial charge >= 0.3 is 0 Å². The summed E-state index contributed by atoms with van der Waals surface area (Å²) in [5.74, 6) is 0.174. The Labute approximate surface area is 151 Å². The number of aromatic nitrogens is 1. The van der Waals surface area contributed by atoms with Crippen molar-refractivity contribution in [2.75, 3.05) is 0 Å². The molecule has 0 bridgehead atoms. The summed E-state index contributed by atoms with van der Waals surface area (Å²) in [7, 11) is 0. The molecule has 0 saturated carbocycles. The number of hydrogen-bond donors (Lipinski definition) is 0. The van der Waals surface area contributed by atoms with E-state index >= 15 is 0 Å². The van der Waals surface area contributed by atoms with Crippen LogP contribution < -0.4 is 0 Å². The lowest BCUT2D eigenvalue weighted by Gasteiger charge is -2.32. The molecule has 25 heavy (non-hydrogen) atoms. The van der Waals surface area contributed by atoms with Crippen molar-refractivity contribution in [3.8, 4) is 11.1 Å². The van der Waals surface area contributed by atoms with Crippen molar-refractivity contribution in [2.24, 2.45) is 5.41 Å². The van der Waals surface area contributed by atoms with Gasteiger partial charge in [0.2, 0.25) is 0 Å². The highest BCUT2D eigenvalue weighted by molar-refractivity contribution is 5.80. The molecule has 132 valence electrons. The summed E-state index contributed by atoms with van der Waals surface area (Å²) in [5.41, 5.74) is 8.66. The molecule has 1 aliphatic carbocycles. The number of fused-ring (bicyclic) bond motifs is 1. The molecule has 2 aromatic rings. The van der Waals surface area contributed by atoms with Gasteiger partial charge < -0.3 is 0 Å². The summed E-state index contributed by atoms with van der Waals surface area (Å²) in [6.45, 7) is 13.3. The Kier molecular flexibility index (Phi) is 4.57. The zero-order valence-electron chi connectivity index (χ0n) is 16.2. The third kappa shape index (κ3) is 3.27. The number of nitrogens with zero attached hydrogens (tertiary/aromatic N) is 1. The molecular weight excluding hydrogens is 309 g/mol. The van der Waals surface area contributed by atoms with Gasteiger partial charge in [0.25, 0.3) is 0 Å². The maximum atomic E-state index is 13.5. The molecule has 0 N–H and O–H groups in total. The van der Waals surface area contributed by atoms with Crippen LogP contribution in [0.5, 0.6) is 0 Å². The molecule has 0 saturated heterocycles. The monoisotopic (exact) mass is 337 g/mol. The van der Waals surface area contributed by atoms with E-state index < -0.39 is 0 Å². The Morgan fingerprint density at radius 3 is 2.36 bits per heavy atom. The van der Waals surface area contributed by atoms with Gasteiger partial charge in [-0.25, -0.2) is 4.39 Å². The first kappa shape index (κ1) is 17.8. The van der Waals surface area contributed by atoms with Crippen LogP contribution in [0.4, 0.5) is 4.39 Å². The zero-order chi connectivity index (χ0) is 18.4. The third-order valence-corrected chi connectivity index (χ3v) is 5.08. The van der Waals surface area contributed by atoms with Crippen LogP contribution in [-0.2, 0) is 12.8 Å². The predicted octanol–water partition coefficient (Wildman–Crippen LogP) is 6.56. The summed E-state index contributed by atoms with van der Waals surface area (Å²) in [6.07, 6.45) is 4.24. The van der Waals surface area contributed by atoms with Gasteiger partial charge in [-0.05, 0) is 71.1 Å². The number of pyridine rings is 1. The Hall–Kier alpha value is -1.96. The molecule has 0 atom stereocenters. The van der Waals surface area contributed by atoms with Crippen molar-refractivity contribution in [2.45, 2.75) is 60.3 Å². The van der Waals surface area contributed by atoms with E-state index in [0.717, 1.165) is 24.1 Å². The summed E-state index contributed by atoms with van der Waals surface area (Å²) >= 11 is 0. The highest BCUT2D eigenvalue weighted by atomic mass is 19.1. The zero-order valence-corrected chi connectivity index (χ0v) is 16.2. The van der Waals surface area contributed by atoms with Gasteiger partial charge in [0, 0.05) is 5.69 Å². The molecule has 2 heteroatoms. The van der Waals surface area contributed by atoms with Gasteiger partial charge in [-0.15, -0.1) is 0 Å². The standard InChI is InChI=1S/C23H28FN/c1-7-18-20(16-8-10-17(24)11-9-16)19-13-23(5,6)12-15(4)22(19)25-21(18)14(2)3/h8-12,14H,7,13H2,1-6H3. The molecule has 1 aliphatic rings. The van der Waals surface area contributed by atoms with Gasteiger partial charge in [-0.2, -0.15) is 0 Å². The highest BCUT2D eigenvalue weighted by Crippen LogP contribution is 2.43. The molecule has 1 nitrogen and oxygen atoms in total. The fourth-order valence-corrected chi connectivity index (χ4v) is 4.14. The summed E-state index contributed by atoms with van der Waals surface area (Å²) in [5, 5.41) is 0. The number of benzene rings is 1. The second-order valence-electron chi connectivity index (χ2n) is 8.19. The fourth-order valence-electron chi connectivity index (χ4n) is 4.14. The molecule has 0 amide bonds. The quantitative estimate of drug-likeness (QED) is 0.618.